The third kappa shape index (κ3) is 15.3. The second-order valence-electron chi connectivity index (χ2n) is 14.0. The van der Waals surface area contributed by atoms with Gasteiger partial charge in [-0.25, -0.2) is 0 Å². The van der Waals surface area contributed by atoms with Crippen LogP contribution in [0.2, 0.25) is 19.1 Å². The SMILES string of the molecule is CCCCCCCCP(CCCCCCCC)(CCCCCCCC)(CCC[Si](C)(C)Cl)N(S(=O)(=O)C(F)(F)F)S(=O)(=O)C(F)(F)F. The first-order valence-corrected chi connectivity index (χ1v) is 27.7. The van der Waals surface area contributed by atoms with Gasteiger partial charge in [0.1, 0.15) is 0 Å². The summed E-state index contributed by atoms with van der Waals surface area (Å²) in [6.45, 7) is 4.51. The Morgan fingerprint density at radius 1 is 0.511 bits per heavy atom. The fourth-order valence-electron chi connectivity index (χ4n) is 6.71. The van der Waals surface area contributed by atoms with Crippen LogP contribution in [0, 0.1) is 0 Å². The molecule has 0 heterocycles. The van der Waals surface area contributed by atoms with E-state index < -0.39 is 48.7 Å². The average Bonchev–Trinajstić information content (AvgIpc) is 2.92. The molecule has 0 saturated carbocycles. The molecule has 0 aliphatic carbocycles. The number of alkyl halides is 6. The molecule has 0 radical (unpaired) electrons. The third-order valence-electron chi connectivity index (χ3n) is 9.22. The molecular formula is C31H63ClF6NO4PS2Si. The van der Waals surface area contributed by atoms with Gasteiger partial charge < -0.3 is 0 Å². The van der Waals surface area contributed by atoms with Gasteiger partial charge >= 0.3 is 289 Å². The number of sulfonamides is 2. The normalized spacial score (nSPS) is 14.9. The first-order chi connectivity index (χ1) is 21.6. The summed E-state index contributed by atoms with van der Waals surface area (Å²) in [4.78, 5) is 0. The van der Waals surface area contributed by atoms with Crippen LogP contribution in [0.1, 0.15) is 143 Å². The topological polar surface area (TPSA) is 71.5 Å². The minimum atomic E-state index is -6.95. The molecule has 286 valence electrons. The summed E-state index contributed by atoms with van der Waals surface area (Å²) >= 11 is 6.58. The van der Waals surface area contributed by atoms with E-state index in [-0.39, 0.29) is 50.3 Å². The van der Waals surface area contributed by atoms with Gasteiger partial charge in [0.25, 0.3) is 0 Å². The third-order valence-corrected chi connectivity index (χ3v) is 25.3. The summed E-state index contributed by atoms with van der Waals surface area (Å²) in [7, 11) is -16.3. The molecule has 0 aliphatic rings. The molecule has 0 rings (SSSR count). The van der Waals surface area contributed by atoms with Crippen LogP contribution in [-0.4, -0.2) is 63.4 Å². The monoisotopic (exact) mass is 785 g/mol. The van der Waals surface area contributed by atoms with Gasteiger partial charge in [0.2, 0.25) is 0 Å². The number of hydrogen-bond donors (Lipinski definition) is 0. The Hall–Kier alpha value is 0.377. The molecule has 47 heavy (non-hydrogen) atoms. The van der Waals surface area contributed by atoms with Crippen LogP contribution in [0.15, 0.2) is 0 Å². The van der Waals surface area contributed by atoms with Crippen LogP contribution in [0.5, 0.6) is 0 Å². The zero-order chi connectivity index (χ0) is 36.5. The Kier molecular flexibility index (Phi) is 21.2. The summed E-state index contributed by atoms with van der Waals surface area (Å²) in [5.41, 5.74) is -12.5. The average molecular weight is 786 g/mol. The Morgan fingerprint density at radius 3 is 1.02 bits per heavy atom. The molecular weight excluding hydrogens is 723 g/mol. The standard InChI is InChI=1S/C31H63ClF6NO4PS2Si/c1-6-9-12-15-18-21-25-44(28-24-29-47(4,5)32,26-22-19-16-13-10-7-2,27-23-20-17-14-11-8-3)39(45(40,41)30(33,34)35)46(42,43)31(36,37)38/h6-29H2,1-5H3. The Morgan fingerprint density at radius 2 is 0.766 bits per heavy atom. The van der Waals surface area contributed by atoms with Gasteiger partial charge in [0.15, 0.2) is 0 Å². The van der Waals surface area contributed by atoms with Gasteiger partial charge in [0.05, 0.1) is 0 Å². The first kappa shape index (κ1) is 47.4. The predicted octanol–water partition coefficient (Wildman–Crippen LogP) is 12.4. The number of rotatable bonds is 28. The maximum absolute atomic E-state index is 14.5. The fraction of sp³-hybridized carbons (Fsp3) is 1.00. The molecule has 0 bridgehead atoms. The summed E-state index contributed by atoms with van der Waals surface area (Å²) in [6, 6.07) is 0.307. The maximum atomic E-state index is 14.5. The quantitative estimate of drug-likeness (QED) is 0.0260. The van der Waals surface area contributed by atoms with Crippen molar-refractivity contribution in [3.05, 3.63) is 0 Å². The Balaban J connectivity index is 7.70. The van der Waals surface area contributed by atoms with Crippen molar-refractivity contribution < 1.29 is 43.2 Å². The van der Waals surface area contributed by atoms with Crippen LogP contribution in [0.3, 0.4) is 0 Å². The van der Waals surface area contributed by atoms with Gasteiger partial charge in [-0.1, -0.05) is 0 Å². The molecule has 0 amide bonds. The number of halogens is 7. The summed E-state index contributed by atoms with van der Waals surface area (Å²) in [5.74, 6) is 0. The van der Waals surface area contributed by atoms with Crippen LogP contribution in [-0.2, 0) is 20.0 Å². The van der Waals surface area contributed by atoms with Crippen molar-refractivity contribution in [3.8, 4) is 0 Å². The first-order valence-electron chi connectivity index (χ1n) is 17.7. The van der Waals surface area contributed by atoms with Crippen LogP contribution in [0.25, 0.3) is 0 Å². The molecule has 0 saturated heterocycles. The molecule has 0 aromatic rings. The van der Waals surface area contributed by atoms with Crippen molar-refractivity contribution in [2.24, 2.45) is 0 Å². The van der Waals surface area contributed by atoms with Gasteiger partial charge in [-0.05, 0) is 0 Å². The molecule has 0 unspecified atom stereocenters. The van der Waals surface area contributed by atoms with E-state index in [1.54, 1.807) is 13.1 Å². The van der Waals surface area contributed by atoms with Crippen molar-refractivity contribution in [2.45, 2.75) is 173 Å². The molecule has 0 aromatic carbocycles. The van der Waals surface area contributed by atoms with Crippen molar-refractivity contribution in [1.29, 1.82) is 0 Å². The molecule has 0 atom stereocenters. The molecule has 0 aromatic heterocycles. The van der Waals surface area contributed by atoms with Crippen molar-refractivity contribution >= 4 is 45.3 Å². The number of nitrogens with zero attached hydrogens (tertiary/aromatic N) is 1. The van der Waals surface area contributed by atoms with Crippen molar-refractivity contribution in [3.63, 3.8) is 0 Å². The van der Waals surface area contributed by atoms with E-state index >= 15 is 0 Å². The predicted molar refractivity (Wildman–Crippen MR) is 191 cm³/mol. The van der Waals surface area contributed by atoms with E-state index in [0.29, 0.717) is 44.6 Å². The van der Waals surface area contributed by atoms with E-state index in [1.165, 1.54) is 0 Å². The zero-order valence-corrected chi connectivity index (χ0v) is 33.7. The molecule has 5 nitrogen and oxygen atoms in total. The van der Waals surface area contributed by atoms with E-state index in [2.05, 4.69) is 0 Å². The zero-order valence-electron chi connectivity index (χ0n) is 29.5. The minimum absolute atomic E-state index is 0.0688. The number of unbranched alkanes of at least 4 members (excludes halogenated alkanes) is 15. The van der Waals surface area contributed by atoms with Crippen molar-refractivity contribution in [2.75, 3.05) is 24.6 Å². The van der Waals surface area contributed by atoms with Crippen LogP contribution < -0.4 is 0 Å². The van der Waals surface area contributed by atoms with E-state index in [9.17, 15) is 43.2 Å². The fourth-order valence-corrected chi connectivity index (χ4v) is 23.8. The van der Waals surface area contributed by atoms with Crippen LogP contribution >= 0.6 is 17.8 Å². The molecule has 16 heteroatoms. The van der Waals surface area contributed by atoms with Gasteiger partial charge in [0, 0.05) is 0 Å². The second-order valence-corrected chi connectivity index (χ2v) is 31.3. The summed E-state index contributed by atoms with van der Waals surface area (Å²) in [5, 5.41) is 0. The summed E-state index contributed by atoms with van der Waals surface area (Å²) in [6.07, 6.45) is 10.8. The van der Waals surface area contributed by atoms with E-state index in [4.69, 9.17) is 11.1 Å². The summed E-state index contributed by atoms with van der Waals surface area (Å²) < 4.78 is 140. The molecule has 0 fully saturated rings. The van der Waals surface area contributed by atoms with Gasteiger partial charge in [-0.2, -0.15) is 0 Å². The Bertz CT molecular complexity index is 999. The van der Waals surface area contributed by atoms with E-state index in [1.807, 2.05) is 20.8 Å². The molecule has 0 N–H and O–H groups in total. The molecule has 0 aliphatic heterocycles. The van der Waals surface area contributed by atoms with Crippen LogP contribution in [0.4, 0.5) is 26.3 Å². The van der Waals surface area contributed by atoms with Gasteiger partial charge in [-0.3, -0.25) is 0 Å². The number of hydrogen-bond acceptors (Lipinski definition) is 4. The van der Waals surface area contributed by atoms with Crippen molar-refractivity contribution in [1.82, 2.24) is 3.48 Å². The van der Waals surface area contributed by atoms with Gasteiger partial charge in [-0.15, -0.1) is 0 Å². The van der Waals surface area contributed by atoms with E-state index in [0.717, 1.165) is 57.8 Å². The second kappa shape index (κ2) is 21.0. The molecule has 0 spiro atoms. The Labute approximate surface area is 288 Å².